The molecule has 0 radical (unpaired) electrons. The van der Waals surface area contributed by atoms with E-state index in [1.807, 2.05) is 0 Å². The van der Waals surface area contributed by atoms with Crippen molar-refractivity contribution in [1.29, 1.82) is 0 Å². The summed E-state index contributed by atoms with van der Waals surface area (Å²) in [7, 11) is 1.42. The third kappa shape index (κ3) is 4.57. The average molecular weight is 446 g/mol. The summed E-state index contributed by atoms with van der Waals surface area (Å²) in [6.45, 7) is 1.60. The van der Waals surface area contributed by atoms with Crippen molar-refractivity contribution >= 4 is 34.5 Å². The number of carbonyl (C=O) groups is 3. The summed E-state index contributed by atoms with van der Waals surface area (Å²) in [6.07, 6.45) is -0.679. The number of nitrogens with zero attached hydrogens (tertiary/aromatic N) is 1. The molecular formula is C24H19FN4O4. The predicted octanol–water partition coefficient (Wildman–Crippen LogP) is 4.21. The van der Waals surface area contributed by atoms with E-state index < -0.39 is 12.0 Å². The lowest BCUT2D eigenvalue weighted by Crippen LogP contribution is -2.22. The number of hydrogen-bond acceptors (Lipinski definition) is 5. The molecule has 0 aliphatic rings. The maximum atomic E-state index is 13.5. The Bertz CT molecular complexity index is 1400. The van der Waals surface area contributed by atoms with Crippen LogP contribution in [0.15, 0.2) is 60.7 Å². The van der Waals surface area contributed by atoms with Crippen LogP contribution in [0, 0.1) is 12.7 Å². The number of ether oxygens (including phenoxy) is 1. The quantitative estimate of drug-likeness (QED) is 0.398. The number of nitrogens with one attached hydrogen (secondary N) is 3. The van der Waals surface area contributed by atoms with Gasteiger partial charge in [-0.25, -0.2) is 9.18 Å². The number of aromatic amines is 1. The molecular weight excluding hydrogens is 427 g/mol. The Balaban J connectivity index is 1.62. The van der Waals surface area contributed by atoms with Gasteiger partial charge in [0.1, 0.15) is 5.82 Å². The second kappa shape index (κ2) is 8.91. The van der Waals surface area contributed by atoms with Gasteiger partial charge < -0.3 is 20.4 Å². The number of amides is 2. The van der Waals surface area contributed by atoms with Crippen LogP contribution in [0.5, 0.6) is 6.01 Å². The van der Waals surface area contributed by atoms with Crippen LogP contribution in [-0.2, 0) is 0 Å². The fraction of sp³-hybridized carbons (Fsp3) is 0.0833. The number of hydrogen-bond donors (Lipinski definition) is 3. The van der Waals surface area contributed by atoms with E-state index in [0.29, 0.717) is 27.8 Å². The first-order valence-corrected chi connectivity index (χ1v) is 9.96. The standard InChI is InChI=1S/C24H19FN4O4/c1-13-11-15(8-9-18(13)25)27-22(31)17-6-4-3-5-16(17)21(30)14-7-10-19-20(12-14)29-23(28-19)33-24(32)26-2/h3-12H,1-2H3,(H,26,32)(H,27,31)(H,28,29). The van der Waals surface area contributed by atoms with E-state index in [0.717, 1.165) is 0 Å². The molecule has 3 N–H and O–H groups in total. The Morgan fingerprint density at radius 3 is 2.48 bits per heavy atom. The van der Waals surface area contributed by atoms with Crippen molar-refractivity contribution in [3.8, 4) is 6.01 Å². The average Bonchev–Trinajstić information content (AvgIpc) is 3.22. The topological polar surface area (TPSA) is 113 Å². The van der Waals surface area contributed by atoms with Crippen molar-refractivity contribution in [3.63, 3.8) is 0 Å². The van der Waals surface area contributed by atoms with Gasteiger partial charge in [0, 0.05) is 23.9 Å². The largest absolute Gasteiger partial charge is 0.414 e. The zero-order chi connectivity index (χ0) is 23.5. The molecule has 33 heavy (non-hydrogen) atoms. The normalized spacial score (nSPS) is 10.6. The molecule has 2 amide bonds. The van der Waals surface area contributed by atoms with Gasteiger partial charge in [-0.05, 0) is 55.0 Å². The van der Waals surface area contributed by atoms with Crippen molar-refractivity contribution < 1.29 is 23.5 Å². The fourth-order valence-corrected chi connectivity index (χ4v) is 3.27. The highest BCUT2D eigenvalue weighted by Gasteiger charge is 2.19. The van der Waals surface area contributed by atoms with Crippen LogP contribution in [0.25, 0.3) is 11.0 Å². The summed E-state index contributed by atoms with van der Waals surface area (Å²) in [5.74, 6) is -1.24. The van der Waals surface area contributed by atoms with Crippen molar-refractivity contribution in [2.24, 2.45) is 0 Å². The van der Waals surface area contributed by atoms with Crippen LogP contribution >= 0.6 is 0 Å². The lowest BCUT2D eigenvalue weighted by Gasteiger charge is -2.10. The van der Waals surface area contributed by atoms with Crippen LogP contribution in [0.4, 0.5) is 14.9 Å². The number of H-pyrrole nitrogens is 1. The summed E-state index contributed by atoms with van der Waals surface area (Å²) in [5, 5.41) is 5.02. The number of carbonyl (C=O) groups excluding carboxylic acids is 3. The Hall–Kier alpha value is -4.53. The van der Waals surface area contributed by atoms with Gasteiger partial charge >= 0.3 is 12.1 Å². The predicted molar refractivity (Wildman–Crippen MR) is 120 cm³/mol. The van der Waals surface area contributed by atoms with E-state index in [2.05, 4.69) is 20.6 Å². The summed E-state index contributed by atoms with van der Waals surface area (Å²) in [6, 6.07) is 15.4. The van der Waals surface area contributed by atoms with Gasteiger partial charge in [-0.1, -0.05) is 18.2 Å². The molecule has 4 rings (SSSR count). The molecule has 0 bridgehead atoms. The number of benzene rings is 3. The van der Waals surface area contributed by atoms with E-state index in [-0.39, 0.29) is 28.7 Å². The van der Waals surface area contributed by atoms with Gasteiger partial charge in [0.15, 0.2) is 5.78 Å². The Kier molecular flexibility index (Phi) is 5.86. The zero-order valence-electron chi connectivity index (χ0n) is 17.7. The first-order valence-electron chi connectivity index (χ1n) is 9.96. The molecule has 0 atom stereocenters. The molecule has 1 aromatic heterocycles. The highest BCUT2D eigenvalue weighted by atomic mass is 19.1. The number of rotatable bonds is 5. The molecule has 166 valence electrons. The minimum absolute atomic E-state index is 0.0108. The van der Waals surface area contributed by atoms with Crippen LogP contribution in [0.2, 0.25) is 0 Å². The monoisotopic (exact) mass is 446 g/mol. The second-order valence-corrected chi connectivity index (χ2v) is 7.21. The van der Waals surface area contributed by atoms with Crippen LogP contribution in [0.3, 0.4) is 0 Å². The van der Waals surface area contributed by atoms with Gasteiger partial charge in [-0.2, -0.15) is 4.98 Å². The molecule has 0 spiro atoms. The first-order chi connectivity index (χ1) is 15.9. The van der Waals surface area contributed by atoms with Gasteiger partial charge in [0.05, 0.1) is 16.6 Å². The van der Waals surface area contributed by atoms with E-state index in [4.69, 9.17) is 4.74 Å². The lowest BCUT2D eigenvalue weighted by molar-refractivity contribution is 0.0996. The fourth-order valence-electron chi connectivity index (χ4n) is 3.27. The summed E-state index contributed by atoms with van der Waals surface area (Å²) in [5.41, 5.74) is 2.50. The molecule has 0 fully saturated rings. The maximum Gasteiger partial charge on any atom is 0.414 e. The summed E-state index contributed by atoms with van der Waals surface area (Å²) >= 11 is 0. The molecule has 8 nitrogen and oxygen atoms in total. The van der Waals surface area contributed by atoms with Crippen molar-refractivity contribution in [1.82, 2.24) is 15.3 Å². The lowest BCUT2D eigenvalue weighted by atomic mass is 9.97. The van der Waals surface area contributed by atoms with Crippen LogP contribution < -0.4 is 15.4 Å². The van der Waals surface area contributed by atoms with E-state index in [1.54, 1.807) is 49.4 Å². The molecule has 0 aliphatic heterocycles. The van der Waals surface area contributed by atoms with Crippen molar-refractivity contribution in [3.05, 3.63) is 88.7 Å². The van der Waals surface area contributed by atoms with Gasteiger partial charge in [0.2, 0.25) is 0 Å². The minimum atomic E-state index is -0.679. The maximum absolute atomic E-state index is 13.5. The van der Waals surface area contributed by atoms with Crippen molar-refractivity contribution in [2.45, 2.75) is 6.92 Å². The number of ketones is 1. The SMILES string of the molecule is CNC(=O)Oc1nc2ccc(C(=O)c3ccccc3C(=O)Nc3ccc(F)c(C)c3)cc2[nH]1. The number of fused-ring (bicyclic) bond motifs is 1. The van der Waals surface area contributed by atoms with Crippen LogP contribution in [0.1, 0.15) is 31.8 Å². The number of halogens is 1. The molecule has 0 unspecified atom stereocenters. The molecule has 9 heteroatoms. The van der Waals surface area contributed by atoms with Gasteiger partial charge in [-0.15, -0.1) is 0 Å². The second-order valence-electron chi connectivity index (χ2n) is 7.21. The molecule has 3 aromatic carbocycles. The number of aryl methyl sites for hydroxylation is 1. The zero-order valence-corrected chi connectivity index (χ0v) is 17.7. The minimum Gasteiger partial charge on any atom is -0.375 e. The van der Waals surface area contributed by atoms with E-state index in [1.165, 1.54) is 25.2 Å². The van der Waals surface area contributed by atoms with Gasteiger partial charge in [-0.3, -0.25) is 9.59 Å². The van der Waals surface area contributed by atoms with E-state index >= 15 is 0 Å². The number of anilines is 1. The van der Waals surface area contributed by atoms with Crippen molar-refractivity contribution in [2.75, 3.05) is 12.4 Å². The molecule has 0 saturated heterocycles. The smallest absolute Gasteiger partial charge is 0.375 e. The third-order valence-corrected chi connectivity index (χ3v) is 4.95. The number of aromatic nitrogens is 2. The van der Waals surface area contributed by atoms with Gasteiger partial charge in [0.25, 0.3) is 5.91 Å². The molecule has 4 aromatic rings. The Morgan fingerprint density at radius 2 is 1.76 bits per heavy atom. The molecule has 0 aliphatic carbocycles. The highest BCUT2D eigenvalue weighted by molar-refractivity contribution is 6.18. The van der Waals surface area contributed by atoms with E-state index in [9.17, 15) is 18.8 Å². The third-order valence-electron chi connectivity index (χ3n) is 4.95. The molecule has 0 saturated carbocycles. The first kappa shape index (κ1) is 21.7. The Labute approximate surface area is 187 Å². The highest BCUT2D eigenvalue weighted by Crippen LogP contribution is 2.22. The summed E-state index contributed by atoms with van der Waals surface area (Å²) < 4.78 is 18.5. The van der Waals surface area contributed by atoms with Crippen LogP contribution in [-0.4, -0.2) is 34.8 Å². The molecule has 1 heterocycles. The number of imidazole rings is 1. The summed E-state index contributed by atoms with van der Waals surface area (Å²) in [4.78, 5) is 44.5. The Morgan fingerprint density at radius 1 is 1.00 bits per heavy atom.